The molecule has 4 rings (SSSR count). The Labute approximate surface area is 234 Å². The molecule has 3 aromatic rings. The summed E-state index contributed by atoms with van der Waals surface area (Å²) in [4.78, 5) is 16.3. The van der Waals surface area contributed by atoms with Crippen LogP contribution in [-0.2, 0) is 41.8 Å². The first-order valence-corrected chi connectivity index (χ1v) is 15.4. The summed E-state index contributed by atoms with van der Waals surface area (Å²) in [7, 11) is -9.39. The molecule has 0 saturated carbocycles. The van der Waals surface area contributed by atoms with Gasteiger partial charge in [0.1, 0.15) is 6.61 Å². The van der Waals surface area contributed by atoms with Crippen molar-refractivity contribution < 1.29 is 39.5 Å². The number of carbonyl (C=O) groups excluding carboxylic acids is 1. The van der Waals surface area contributed by atoms with Gasteiger partial charge in [0.25, 0.3) is 0 Å². The summed E-state index contributed by atoms with van der Waals surface area (Å²) in [5.41, 5.74) is -4.19. The van der Waals surface area contributed by atoms with Crippen LogP contribution in [0.5, 0.6) is 0 Å². The van der Waals surface area contributed by atoms with E-state index < -0.39 is 37.2 Å². The average Bonchev–Trinajstić information content (AvgIpc) is 3.06. The van der Waals surface area contributed by atoms with Crippen LogP contribution in [-0.4, -0.2) is 35.5 Å². The summed E-state index contributed by atoms with van der Waals surface area (Å²) in [5.74, 6) is -0.550. The molecule has 0 radical (unpaired) electrons. The molecule has 0 N–H and O–H groups in total. The van der Waals surface area contributed by atoms with Crippen molar-refractivity contribution in [2.24, 2.45) is 4.36 Å². The first-order chi connectivity index (χ1) is 18.8. The van der Waals surface area contributed by atoms with Crippen LogP contribution in [0.1, 0.15) is 35.1 Å². The third kappa shape index (κ3) is 6.65. The third-order valence-corrected chi connectivity index (χ3v) is 8.81. The van der Waals surface area contributed by atoms with Gasteiger partial charge in [0.05, 0.1) is 14.8 Å². The lowest BCUT2D eigenvalue weighted by Crippen LogP contribution is -2.25. The number of ether oxygens (including phenoxy) is 1. The highest BCUT2D eigenvalue weighted by atomic mass is 35.5. The van der Waals surface area contributed by atoms with E-state index in [2.05, 4.69) is 9.35 Å². The molecule has 1 amide bonds. The molecule has 1 atom stereocenters. The number of nitrogens with zero attached hydrogens (tertiary/aromatic N) is 2. The number of hydrogen-bond acceptors (Lipinski definition) is 7. The Balaban J connectivity index is 1.76. The number of benzene rings is 2. The van der Waals surface area contributed by atoms with Gasteiger partial charge in [0, 0.05) is 40.2 Å². The predicted molar refractivity (Wildman–Crippen MR) is 143 cm³/mol. The number of fused-ring (bicyclic) bond motifs is 1. The Morgan fingerprint density at radius 1 is 1.05 bits per heavy atom. The van der Waals surface area contributed by atoms with Crippen LogP contribution in [0, 0.1) is 0 Å². The van der Waals surface area contributed by atoms with Gasteiger partial charge in [-0.15, -0.1) is 4.36 Å². The quantitative estimate of drug-likeness (QED) is 0.227. The summed E-state index contributed by atoms with van der Waals surface area (Å²) in [6.07, 6.45) is 3.56. The lowest BCUT2D eigenvalue weighted by Gasteiger charge is -2.18. The maximum atomic E-state index is 13.4. The summed E-state index contributed by atoms with van der Waals surface area (Å²) < 4.78 is 91.0. The lowest BCUT2D eigenvalue weighted by molar-refractivity contribution is -0.0509. The van der Waals surface area contributed by atoms with Crippen LogP contribution >= 0.6 is 11.6 Å². The molecule has 0 spiro atoms. The zero-order valence-corrected chi connectivity index (χ0v) is 23.2. The van der Waals surface area contributed by atoms with E-state index in [1.807, 2.05) is 0 Å². The van der Waals surface area contributed by atoms with Crippen LogP contribution in [0.4, 0.5) is 18.0 Å². The highest BCUT2D eigenvalue weighted by Gasteiger charge is 2.49. The number of aromatic nitrogens is 1. The van der Waals surface area contributed by atoms with Crippen LogP contribution in [0.2, 0.25) is 5.02 Å². The maximum Gasteiger partial charge on any atom is 0.534 e. The first-order valence-electron chi connectivity index (χ1n) is 11.7. The van der Waals surface area contributed by atoms with E-state index in [1.165, 1.54) is 42.9 Å². The standard InChI is InChI=1S/C26H22ClF3N2O6S2/c1-39(34,32-25(33)37-16-17-6-3-2-4-7-17)19-10-11-20-18(14-19)8-5-9-22(21-12-13-31-15-23(21)27)24(20)38-40(35,36)26(28,29)30/h2-4,6-7,10-15H,5,8-9,16H2,1H3. The summed E-state index contributed by atoms with van der Waals surface area (Å²) in [5, 5.41) is 0.0902. The van der Waals surface area contributed by atoms with Gasteiger partial charge < -0.3 is 8.92 Å². The molecule has 0 bridgehead atoms. The number of pyridine rings is 1. The monoisotopic (exact) mass is 614 g/mol. The molecular formula is C26H22ClF3N2O6S2. The van der Waals surface area contributed by atoms with Crippen molar-refractivity contribution in [3.8, 4) is 0 Å². The normalized spacial score (nSPS) is 15.4. The van der Waals surface area contributed by atoms with Gasteiger partial charge in [-0.3, -0.25) is 4.98 Å². The van der Waals surface area contributed by atoms with Gasteiger partial charge in [-0.2, -0.15) is 21.6 Å². The molecule has 212 valence electrons. The van der Waals surface area contributed by atoms with Gasteiger partial charge in [0.15, 0.2) is 5.76 Å². The number of amides is 1. The van der Waals surface area contributed by atoms with Crippen molar-refractivity contribution in [2.75, 3.05) is 6.26 Å². The van der Waals surface area contributed by atoms with Gasteiger partial charge in [0.2, 0.25) is 0 Å². The molecule has 14 heteroatoms. The molecular weight excluding hydrogens is 593 g/mol. The molecule has 0 saturated heterocycles. The number of rotatable bonds is 6. The lowest BCUT2D eigenvalue weighted by atomic mass is 10.00. The first kappa shape index (κ1) is 29.6. The van der Waals surface area contributed by atoms with Crippen LogP contribution in [0.3, 0.4) is 0 Å². The van der Waals surface area contributed by atoms with Gasteiger partial charge in [-0.05, 0) is 54.7 Å². The minimum atomic E-state index is -6.05. The number of halogens is 4. The zero-order valence-electron chi connectivity index (χ0n) is 20.9. The maximum absolute atomic E-state index is 13.4. The van der Waals surface area contributed by atoms with E-state index in [0.29, 0.717) is 17.5 Å². The Hall–Kier alpha value is -3.42. The SMILES string of the molecule is CS(=O)(=NC(=O)OCc1ccccc1)c1ccc2c(c1)CCCC(c1ccncc1Cl)=C2OS(=O)(=O)C(F)(F)F. The molecule has 40 heavy (non-hydrogen) atoms. The molecule has 1 unspecified atom stereocenters. The molecule has 0 aliphatic heterocycles. The Bertz CT molecular complexity index is 1700. The fourth-order valence-corrected chi connectivity index (χ4v) is 5.90. The zero-order chi connectivity index (χ0) is 29.1. The second-order valence-corrected chi connectivity index (χ2v) is 13.0. The minimum Gasteiger partial charge on any atom is -0.443 e. The van der Waals surface area contributed by atoms with E-state index in [1.54, 1.807) is 30.3 Å². The van der Waals surface area contributed by atoms with Crippen molar-refractivity contribution in [2.45, 2.75) is 36.3 Å². The Kier molecular flexibility index (Phi) is 8.57. The topological polar surface area (TPSA) is 112 Å². The fourth-order valence-electron chi connectivity index (χ4n) is 4.04. The van der Waals surface area contributed by atoms with Crippen molar-refractivity contribution in [3.63, 3.8) is 0 Å². The molecule has 8 nitrogen and oxygen atoms in total. The van der Waals surface area contributed by atoms with Crippen molar-refractivity contribution in [1.82, 2.24) is 4.98 Å². The third-order valence-electron chi connectivity index (χ3n) is 5.93. The average molecular weight is 615 g/mol. The molecule has 1 aromatic heterocycles. The largest absolute Gasteiger partial charge is 0.534 e. The van der Waals surface area contributed by atoms with Gasteiger partial charge in [-0.25, -0.2) is 9.00 Å². The molecule has 0 fully saturated rings. The highest BCUT2D eigenvalue weighted by Crippen LogP contribution is 2.42. The number of aryl methyl sites for hydroxylation is 1. The van der Waals surface area contributed by atoms with Crippen molar-refractivity contribution >= 4 is 48.9 Å². The smallest absolute Gasteiger partial charge is 0.443 e. The van der Waals surface area contributed by atoms with Crippen LogP contribution in [0.15, 0.2) is 76.2 Å². The second-order valence-electron chi connectivity index (χ2n) is 8.75. The van der Waals surface area contributed by atoms with E-state index >= 15 is 0 Å². The molecule has 1 aliphatic carbocycles. The summed E-state index contributed by atoms with van der Waals surface area (Å²) in [6, 6.07) is 14.2. The van der Waals surface area contributed by atoms with Crippen molar-refractivity contribution in [1.29, 1.82) is 0 Å². The molecule has 1 heterocycles. The Morgan fingerprint density at radius 3 is 2.45 bits per heavy atom. The fraction of sp³-hybridized carbons (Fsp3) is 0.231. The van der Waals surface area contributed by atoms with Crippen LogP contribution in [0.25, 0.3) is 11.3 Å². The number of allylic oxidation sites excluding steroid dienone is 1. The number of alkyl halides is 3. The van der Waals surface area contributed by atoms with E-state index in [9.17, 15) is 30.6 Å². The van der Waals surface area contributed by atoms with E-state index in [0.717, 1.165) is 0 Å². The van der Waals surface area contributed by atoms with E-state index in [4.69, 9.17) is 20.5 Å². The molecule has 2 aromatic carbocycles. The van der Waals surface area contributed by atoms with Gasteiger partial charge in [-0.1, -0.05) is 41.9 Å². The molecule has 1 aliphatic rings. The van der Waals surface area contributed by atoms with Crippen LogP contribution < -0.4 is 0 Å². The minimum absolute atomic E-state index is 0.0406. The second kappa shape index (κ2) is 11.6. The summed E-state index contributed by atoms with van der Waals surface area (Å²) in [6.45, 7) is -0.0810. The number of hydrogen-bond donors (Lipinski definition) is 0. The van der Waals surface area contributed by atoms with E-state index in [-0.39, 0.29) is 46.1 Å². The highest BCUT2D eigenvalue weighted by molar-refractivity contribution is 7.93. The predicted octanol–water partition coefficient (Wildman–Crippen LogP) is 6.60. The summed E-state index contributed by atoms with van der Waals surface area (Å²) >= 11 is 6.24. The number of carbonyl (C=O) groups is 1. The Morgan fingerprint density at radius 2 is 1.77 bits per heavy atom. The van der Waals surface area contributed by atoms with Crippen molar-refractivity contribution in [3.05, 3.63) is 94.3 Å². The van der Waals surface area contributed by atoms with Gasteiger partial charge >= 0.3 is 21.7 Å².